The molecule has 1 heterocycles. The van der Waals surface area contributed by atoms with E-state index in [1.165, 1.54) is 0 Å². The third-order valence-corrected chi connectivity index (χ3v) is 6.28. The van der Waals surface area contributed by atoms with Crippen molar-refractivity contribution in [2.45, 2.75) is 31.8 Å². The molecular formula is C29H27NO3. The van der Waals surface area contributed by atoms with Crippen LogP contribution < -0.4 is 9.47 Å². The van der Waals surface area contributed by atoms with Crippen molar-refractivity contribution in [2.75, 3.05) is 7.11 Å². The molecule has 0 aliphatic carbocycles. The Hall–Kier alpha value is -3.79. The van der Waals surface area contributed by atoms with Crippen molar-refractivity contribution >= 4 is 16.7 Å². The van der Waals surface area contributed by atoms with Gasteiger partial charge in [0, 0.05) is 18.5 Å². The maximum atomic E-state index is 13.1. The van der Waals surface area contributed by atoms with Gasteiger partial charge in [-0.1, -0.05) is 60.7 Å². The second-order valence-corrected chi connectivity index (χ2v) is 8.39. The zero-order chi connectivity index (χ0) is 22.6. The lowest BCUT2D eigenvalue weighted by Crippen LogP contribution is -2.38. The first kappa shape index (κ1) is 21.1. The molecule has 1 fully saturated rings. The van der Waals surface area contributed by atoms with Crippen molar-refractivity contribution in [1.29, 1.82) is 0 Å². The first-order valence-corrected chi connectivity index (χ1v) is 11.4. The lowest BCUT2D eigenvalue weighted by molar-refractivity contribution is -0.137. The van der Waals surface area contributed by atoms with E-state index in [0.717, 1.165) is 52.0 Å². The topological polar surface area (TPSA) is 38.8 Å². The number of methoxy groups -OCH3 is 1. The zero-order valence-corrected chi connectivity index (χ0v) is 18.7. The van der Waals surface area contributed by atoms with Gasteiger partial charge in [-0.15, -0.1) is 0 Å². The summed E-state index contributed by atoms with van der Waals surface area (Å²) in [5.74, 6) is 2.57. The average molecular weight is 438 g/mol. The Balaban J connectivity index is 1.48. The largest absolute Gasteiger partial charge is 0.496 e. The average Bonchev–Trinajstić information content (AvgIpc) is 2.85. The second kappa shape index (κ2) is 9.37. The van der Waals surface area contributed by atoms with Crippen LogP contribution in [0.2, 0.25) is 0 Å². The predicted molar refractivity (Wildman–Crippen MR) is 131 cm³/mol. The molecule has 1 atom stereocenters. The maximum absolute atomic E-state index is 13.1. The molecule has 4 aromatic carbocycles. The molecule has 1 amide bonds. The van der Waals surface area contributed by atoms with Crippen LogP contribution >= 0.6 is 0 Å². The standard InChI is InChI=1S/C29H27NO3/c1-32-27-18-17-22-10-5-6-14-25(22)29(27)26-15-8-16-28(31)30(26)20-21-9-7-13-24(19-21)33-23-11-3-2-4-12-23/h2-7,9-14,17-19,26H,8,15-16,20H2,1H3. The lowest BCUT2D eigenvalue weighted by Gasteiger charge is -2.37. The van der Waals surface area contributed by atoms with Gasteiger partial charge < -0.3 is 14.4 Å². The highest BCUT2D eigenvalue weighted by molar-refractivity contribution is 5.89. The van der Waals surface area contributed by atoms with Crippen molar-refractivity contribution in [3.05, 3.63) is 102 Å². The normalized spacial score (nSPS) is 16.1. The molecule has 33 heavy (non-hydrogen) atoms. The van der Waals surface area contributed by atoms with Crippen LogP contribution in [0.3, 0.4) is 0 Å². The van der Waals surface area contributed by atoms with Crippen molar-refractivity contribution in [3.63, 3.8) is 0 Å². The van der Waals surface area contributed by atoms with Crippen LogP contribution in [0.5, 0.6) is 17.2 Å². The van der Waals surface area contributed by atoms with Gasteiger partial charge in [0.15, 0.2) is 0 Å². The molecule has 0 aromatic heterocycles. The monoisotopic (exact) mass is 437 g/mol. The third kappa shape index (κ3) is 4.42. The number of hydrogen-bond acceptors (Lipinski definition) is 3. The van der Waals surface area contributed by atoms with E-state index in [1.807, 2.05) is 71.6 Å². The molecule has 0 radical (unpaired) electrons. The number of rotatable bonds is 6. The number of ether oxygens (including phenoxy) is 2. The number of para-hydroxylation sites is 1. The predicted octanol–water partition coefficient (Wildman–Crippen LogP) is 6.89. The molecule has 4 nitrogen and oxygen atoms in total. The Bertz CT molecular complexity index is 1270. The fourth-order valence-electron chi connectivity index (χ4n) is 4.74. The van der Waals surface area contributed by atoms with Crippen molar-refractivity contribution < 1.29 is 14.3 Å². The summed E-state index contributed by atoms with van der Waals surface area (Å²) in [5, 5.41) is 2.30. The van der Waals surface area contributed by atoms with Gasteiger partial charge in [0.05, 0.1) is 13.2 Å². The molecule has 0 spiro atoms. The molecule has 1 aliphatic heterocycles. The van der Waals surface area contributed by atoms with Crippen LogP contribution in [-0.4, -0.2) is 17.9 Å². The summed E-state index contributed by atoms with van der Waals surface area (Å²) in [6.07, 6.45) is 2.36. The van der Waals surface area contributed by atoms with Gasteiger partial charge in [-0.3, -0.25) is 4.79 Å². The molecular weight excluding hydrogens is 410 g/mol. The highest BCUT2D eigenvalue weighted by atomic mass is 16.5. The van der Waals surface area contributed by atoms with Gasteiger partial charge in [-0.25, -0.2) is 0 Å². The number of carbonyl (C=O) groups is 1. The highest BCUT2D eigenvalue weighted by Gasteiger charge is 2.32. The van der Waals surface area contributed by atoms with Gasteiger partial charge in [0.25, 0.3) is 0 Å². The summed E-state index contributed by atoms with van der Waals surface area (Å²) in [6.45, 7) is 0.530. The first-order chi connectivity index (χ1) is 16.2. The Morgan fingerprint density at radius 2 is 1.67 bits per heavy atom. The number of amides is 1. The summed E-state index contributed by atoms with van der Waals surface area (Å²) in [7, 11) is 1.70. The number of nitrogens with zero attached hydrogens (tertiary/aromatic N) is 1. The fraction of sp³-hybridized carbons (Fsp3) is 0.207. The van der Waals surface area contributed by atoms with Gasteiger partial charge in [-0.05, 0) is 59.5 Å². The number of benzene rings is 4. The lowest BCUT2D eigenvalue weighted by atomic mass is 9.90. The molecule has 166 valence electrons. The minimum absolute atomic E-state index is 0.0361. The van der Waals surface area contributed by atoms with E-state index in [1.54, 1.807) is 7.11 Å². The molecule has 4 aromatic rings. The number of fused-ring (bicyclic) bond motifs is 1. The van der Waals surface area contributed by atoms with Crippen LogP contribution in [-0.2, 0) is 11.3 Å². The van der Waals surface area contributed by atoms with E-state index in [0.29, 0.717) is 13.0 Å². The summed E-state index contributed by atoms with van der Waals surface area (Å²) in [4.78, 5) is 15.2. The zero-order valence-electron chi connectivity index (χ0n) is 18.7. The van der Waals surface area contributed by atoms with Crippen LogP contribution in [0, 0.1) is 0 Å². The maximum Gasteiger partial charge on any atom is 0.223 e. The van der Waals surface area contributed by atoms with E-state index in [-0.39, 0.29) is 11.9 Å². The van der Waals surface area contributed by atoms with Gasteiger partial charge in [0.2, 0.25) is 5.91 Å². The van der Waals surface area contributed by atoms with Crippen LogP contribution in [0.25, 0.3) is 10.8 Å². The number of likely N-dealkylation sites (tertiary alicyclic amines) is 1. The molecule has 5 rings (SSSR count). The van der Waals surface area contributed by atoms with E-state index in [9.17, 15) is 4.79 Å². The highest BCUT2D eigenvalue weighted by Crippen LogP contribution is 2.41. The molecule has 0 N–H and O–H groups in total. The smallest absolute Gasteiger partial charge is 0.223 e. The minimum atomic E-state index is -0.0361. The van der Waals surface area contributed by atoms with Crippen molar-refractivity contribution in [3.8, 4) is 17.2 Å². The van der Waals surface area contributed by atoms with E-state index < -0.39 is 0 Å². The van der Waals surface area contributed by atoms with Crippen molar-refractivity contribution in [1.82, 2.24) is 4.90 Å². The van der Waals surface area contributed by atoms with E-state index >= 15 is 0 Å². The molecule has 0 saturated carbocycles. The molecule has 4 heteroatoms. The summed E-state index contributed by atoms with van der Waals surface area (Å²) >= 11 is 0. The Morgan fingerprint density at radius 3 is 2.52 bits per heavy atom. The van der Waals surface area contributed by atoms with Crippen LogP contribution in [0.1, 0.15) is 36.4 Å². The van der Waals surface area contributed by atoms with E-state index in [4.69, 9.17) is 9.47 Å². The summed E-state index contributed by atoms with van der Waals surface area (Å²) in [6, 6.07) is 30.1. The van der Waals surface area contributed by atoms with Gasteiger partial charge in [0.1, 0.15) is 17.2 Å². The molecule has 1 saturated heterocycles. The van der Waals surface area contributed by atoms with Crippen LogP contribution in [0.4, 0.5) is 0 Å². The Kier molecular flexibility index (Phi) is 5.99. The van der Waals surface area contributed by atoms with E-state index in [2.05, 4.69) is 24.3 Å². The minimum Gasteiger partial charge on any atom is -0.496 e. The number of hydrogen-bond donors (Lipinski definition) is 0. The Morgan fingerprint density at radius 1 is 0.879 bits per heavy atom. The summed E-state index contributed by atoms with van der Waals surface area (Å²) in [5.41, 5.74) is 2.14. The third-order valence-electron chi connectivity index (χ3n) is 6.28. The van der Waals surface area contributed by atoms with Gasteiger partial charge in [-0.2, -0.15) is 0 Å². The summed E-state index contributed by atoms with van der Waals surface area (Å²) < 4.78 is 11.8. The quantitative estimate of drug-likeness (QED) is 0.329. The fourth-order valence-corrected chi connectivity index (χ4v) is 4.74. The number of carbonyl (C=O) groups excluding carboxylic acids is 1. The molecule has 1 aliphatic rings. The molecule has 0 bridgehead atoms. The second-order valence-electron chi connectivity index (χ2n) is 8.39. The molecule has 1 unspecified atom stereocenters. The van der Waals surface area contributed by atoms with Crippen molar-refractivity contribution in [2.24, 2.45) is 0 Å². The first-order valence-electron chi connectivity index (χ1n) is 11.4. The number of piperidine rings is 1. The van der Waals surface area contributed by atoms with Crippen LogP contribution in [0.15, 0.2) is 91.0 Å². The Labute approximate surface area is 194 Å². The SMILES string of the molecule is COc1ccc2ccccc2c1C1CCCC(=O)N1Cc1cccc(Oc2ccccc2)c1. The van der Waals surface area contributed by atoms with Gasteiger partial charge >= 0.3 is 0 Å².